The zero-order valence-corrected chi connectivity index (χ0v) is 13.3. The third-order valence-corrected chi connectivity index (χ3v) is 5.10. The standard InChI is InChI=1S/C15H19NO2S2/c1-11(7-17)8-19-9-13-10-20-15(16-13)12-3-5-14(18-2)6-4-12/h3-6,10-11,17H,7-9H2,1-2H3. The predicted molar refractivity (Wildman–Crippen MR) is 86.5 cm³/mol. The zero-order valence-electron chi connectivity index (χ0n) is 11.7. The second-order valence-corrected chi connectivity index (χ2v) is 6.56. The lowest BCUT2D eigenvalue weighted by atomic mass is 10.2. The number of ether oxygens (including phenoxy) is 1. The number of hydrogen-bond donors (Lipinski definition) is 1. The fourth-order valence-corrected chi connectivity index (χ4v) is 3.57. The maximum atomic E-state index is 8.99. The first-order valence-corrected chi connectivity index (χ1v) is 8.53. The van der Waals surface area contributed by atoms with Crippen LogP contribution >= 0.6 is 23.1 Å². The van der Waals surface area contributed by atoms with Gasteiger partial charge in [0, 0.05) is 23.3 Å². The molecule has 2 rings (SSSR count). The van der Waals surface area contributed by atoms with Gasteiger partial charge in [-0.3, -0.25) is 0 Å². The van der Waals surface area contributed by atoms with Gasteiger partial charge in [0.05, 0.1) is 12.8 Å². The number of thioether (sulfide) groups is 1. The first kappa shape index (κ1) is 15.4. The Balaban J connectivity index is 1.94. The molecule has 0 bridgehead atoms. The summed E-state index contributed by atoms with van der Waals surface area (Å²) in [6.45, 7) is 2.30. The predicted octanol–water partition coefficient (Wildman–Crippen LogP) is 3.68. The summed E-state index contributed by atoms with van der Waals surface area (Å²) in [7, 11) is 1.67. The van der Waals surface area contributed by atoms with Gasteiger partial charge >= 0.3 is 0 Å². The summed E-state index contributed by atoms with van der Waals surface area (Å²) in [6, 6.07) is 7.97. The third kappa shape index (κ3) is 4.23. The van der Waals surface area contributed by atoms with Crippen molar-refractivity contribution in [3.63, 3.8) is 0 Å². The van der Waals surface area contributed by atoms with E-state index >= 15 is 0 Å². The normalized spacial score (nSPS) is 12.3. The second kappa shape index (κ2) is 7.67. The molecule has 1 aromatic heterocycles. The molecular formula is C15H19NO2S2. The minimum atomic E-state index is 0.251. The Labute approximate surface area is 128 Å². The number of aliphatic hydroxyl groups is 1. The molecule has 0 radical (unpaired) electrons. The van der Waals surface area contributed by atoms with Crippen molar-refractivity contribution in [1.82, 2.24) is 4.98 Å². The van der Waals surface area contributed by atoms with Crippen LogP contribution in [0.25, 0.3) is 10.6 Å². The van der Waals surface area contributed by atoms with Gasteiger partial charge in [-0.2, -0.15) is 11.8 Å². The lowest BCUT2D eigenvalue weighted by Gasteiger charge is -2.05. The highest BCUT2D eigenvalue weighted by molar-refractivity contribution is 7.98. The van der Waals surface area contributed by atoms with E-state index in [0.29, 0.717) is 5.92 Å². The van der Waals surface area contributed by atoms with Crippen LogP contribution in [-0.4, -0.2) is 29.6 Å². The maximum absolute atomic E-state index is 8.99. The van der Waals surface area contributed by atoms with E-state index in [1.54, 1.807) is 18.4 Å². The number of nitrogens with zero attached hydrogens (tertiary/aromatic N) is 1. The first-order valence-electron chi connectivity index (χ1n) is 6.50. The van der Waals surface area contributed by atoms with Crippen molar-refractivity contribution >= 4 is 23.1 Å². The van der Waals surface area contributed by atoms with E-state index in [9.17, 15) is 0 Å². The van der Waals surface area contributed by atoms with Crippen LogP contribution in [-0.2, 0) is 5.75 Å². The average Bonchev–Trinajstić information content (AvgIpc) is 2.96. The van der Waals surface area contributed by atoms with Crippen molar-refractivity contribution < 1.29 is 9.84 Å². The second-order valence-electron chi connectivity index (χ2n) is 4.68. The fourth-order valence-electron chi connectivity index (χ4n) is 1.66. The number of thiazole rings is 1. The van der Waals surface area contributed by atoms with Crippen molar-refractivity contribution in [3.05, 3.63) is 35.3 Å². The molecule has 0 aliphatic heterocycles. The van der Waals surface area contributed by atoms with Gasteiger partial charge in [-0.15, -0.1) is 11.3 Å². The summed E-state index contributed by atoms with van der Waals surface area (Å²) < 4.78 is 5.16. The van der Waals surface area contributed by atoms with Crippen molar-refractivity contribution in [1.29, 1.82) is 0 Å². The van der Waals surface area contributed by atoms with Gasteiger partial charge in [0.25, 0.3) is 0 Å². The van der Waals surface area contributed by atoms with E-state index in [1.165, 1.54) is 0 Å². The summed E-state index contributed by atoms with van der Waals surface area (Å²) in [6.07, 6.45) is 0. The summed E-state index contributed by atoms with van der Waals surface area (Å²) in [5.41, 5.74) is 2.23. The Morgan fingerprint density at radius 2 is 2.10 bits per heavy atom. The molecule has 1 heterocycles. The van der Waals surface area contributed by atoms with Gasteiger partial charge in [0.1, 0.15) is 10.8 Å². The highest BCUT2D eigenvalue weighted by Crippen LogP contribution is 2.27. The summed E-state index contributed by atoms with van der Waals surface area (Å²) >= 11 is 3.48. The van der Waals surface area contributed by atoms with Crippen LogP contribution in [0.5, 0.6) is 5.75 Å². The summed E-state index contributed by atoms with van der Waals surface area (Å²) in [5.74, 6) is 3.07. The molecule has 0 fully saturated rings. The third-order valence-electron chi connectivity index (χ3n) is 2.85. The number of aromatic nitrogens is 1. The van der Waals surface area contributed by atoms with Crippen LogP contribution in [0.3, 0.4) is 0 Å². The Kier molecular flexibility index (Phi) is 5.88. The smallest absolute Gasteiger partial charge is 0.123 e. The van der Waals surface area contributed by atoms with E-state index in [1.807, 2.05) is 36.0 Å². The Morgan fingerprint density at radius 1 is 1.35 bits per heavy atom. The number of benzene rings is 1. The SMILES string of the molecule is COc1ccc(-c2nc(CSCC(C)CO)cs2)cc1. The van der Waals surface area contributed by atoms with Crippen LogP contribution in [0.15, 0.2) is 29.6 Å². The van der Waals surface area contributed by atoms with Crippen molar-refractivity contribution in [2.45, 2.75) is 12.7 Å². The molecule has 0 saturated carbocycles. The number of rotatable bonds is 7. The molecule has 0 amide bonds. The van der Waals surface area contributed by atoms with Gasteiger partial charge in [0.2, 0.25) is 0 Å². The molecule has 5 heteroatoms. The molecule has 1 unspecified atom stereocenters. The fraction of sp³-hybridized carbons (Fsp3) is 0.400. The molecule has 1 atom stereocenters. The molecule has 0 aliphatic carbocycles. The van der Waals surface area contributed by atoms with E-state index in [4.69, 9.17) is 9.84 Å². The Hall–Kier alpha value is -1.04. The monoisotopic (exact) mass is 309 g/mol. The molecule has 1 N–H and O–H groups in total. The van der Waals surface area contributed by atoms with Crippen LogP contribution in [0.2, 0.25) is 0 Å². The molecule has 0 saturated heterocycles. The molecule has 2 aromatic rings. The van der Waals surface area contributed by atoms with E-state index in [0.717, 1.165) is 33.5 Å². The lowest BCUT2D eigenvalue weighted by Crippen LogP contribution is -2.03. The van der Waals surface area contributed by atoms with Gasteiger partial charge in [-0.25, -0.2) is 4.98 Å². The largest absolute Gasteiger partial charge is 0.497 e. The van der Waals surface area contributed by atoms with Gasteiger partial charge in [-0.1, -0.05) is 6.92 Å². The Morgan fingerprint density at radius 3 is 2.75 bits per heavy atom. The molecule has 20 heavy (non-hydrogen) atoms. The van der Waals surface area contributed by atoms with Crippen LogP contribution in [0.4, 0.5) is 0 Å². The number of hydrogen-bond acceptors (Lipinski definition) is 5. The minimum absolute atomic E-state index is 0.251. The molecule has 0 aliphatic rings. The van der Waals surface area contributed by atoms with E-state index in [-0.39, 0.29) is 6.61 Å². The summed E-state index contributed by atoms with van der Waals surface area (Å²) in [5, 5.41) is 12.1. The quantitative estimate of drug-likeness (QED) is 0.847. The van der Waals surface area contributed by atoms with Crippen LogP contribution in [0, 0.1) is 5.92 Å². The van der Waals surface area contributed by atoms with Crippen molar-refractivity contribution in [2.24, 2.45) is 5.92 Å². The van der Waals surface area contributed by atoms with Gasteiger partial charge in [-0.05, 0) is 35.9 Å². The van der Waals surface area contributed by atoms with Gasteiger partial charge in [0.15, 0.2) is 0 Å². The Bertz CT molecular complexity index is 525. The molecule has 3 nitrogen and oxygen atoms in total. The zero-order chi connectivity index (χ0) is 14.4. The number of aliphatic hydroxyl groups excluding tert-OH is 1. The molecular weight excluding hydrogens is 290 g/mol. The van der Waals surface area contributed by atoms with Crippen molar-refractivity contribution in [2.75, 3.05) is 19.5 Å². The molecule has 1 aromatic carbocycles. The highest BCUT2D eigenvalue weighted by atomic mass is 32.2. The van der Waals surface area contributed by atoms with E-state index in [2.05, 4.69) is 17.3 Å². The average molecular weight is 309 g/mol. The van der Waals surface area contributed by atoms with Crippen molar-refractivity contribution in [3.8, 4) is 16.3 Å². The van der Waals surface area contributed by atoms with Crippen LogP contribution in [0.1, 0.15) is 12.6 Å². The lowest BCUT2D eigenvalue weighted by molar-refractivity contribution is 0.250. The minimum Gasteiger partial charge on any atom is -0.497 e. The maximum Gasteiger partial charge on any atom is 0.123 e. The topological polar surface area (TPSA) is 42.4 Å². The molecule has 108 valence electrons. The highest BCUT2D eigenvalue weighted by Gasteiger charge is 2.06. The molecule has 0 spiro atoms. The number of methoxy groups -OCH3 is 1. The first-order chi connectivity index (χ1) is 9.72. The van der Waals surface area contributed by atoms with E-state index < -0.39 is 0 Å². The van der Waals surface area contributed by atoms with Crippen LogP contribution < -0.4 is 4.74 Å². The van der Waals surface area contributed by atoms with Gasteiger partial charge < -0.3 is 9.84 Å². The summed E-state index contributed by atoms with van der Waals surface area (Å²) in [4.78, 5) is 4.65.